The highest BCUT2D eigenvalue weighted by Crippen LogP contribution is 2.35. The van der Waals surface area contributed by atoms with Gasteiger partial charge in [0.1, 0.15) is 12.4 Å². The Morgan fingerprint density at radius 1 is 1.29 bits per heavy atom. The number of hydrogen-bond acceptors (Lipinski definition) is 3. The van der Waals surface area contributed by atoms with Crippen molar-refractivity contribution in [3.63, 3.8) is 0 Å². The molecule has 1 fully saturated rings. The molecule has 2 aliphatic rings. The molecule has 0 radical (unpaired) electrons. The van der Waals surface area contributed by atoms with E-state index < -0.39 is 0 Å². The van der Waals surface area contributed by atoms with Crippen molar-refractivity contribution < 1.29 is 9.53 Å². The predicted octanol–water partition coefficient (Wildman–Crippen LogP) is 3.65. The minimum atomic E-state index is -0.153. The number of pyridine rings is 1. The van der Waals surface area contributed by atoms with Crippen LogP contribution in [0.5, 0.6) is 5.75 Å². The Labute approximate surface area is 146 Å². The normalized spacial score (nSPS) is 22.8. The van der Waals surface area contributed by atoms with Gasteiger partial charge in [0.2, 0.25) is 5.91 Å². The number of aromatic nitrogens is 1. The van der Waals surface area contributed by atoms with Gasteiger partial charge in [0, 0.05) is 17.8 Å². The average Bonchev–Trinajstić information content (AvgIpc) is 3.11. The van der Waals surface area contributed by atoms with Crippen molar-refractivity contribution >= 4 is 17.5 Å². The molecule has 0 bridgehead atoms. The Hall–Kier alpha value is -2.07. The van der Waals surface area contributed by atoms with E-state index in [-0.39, 0.29) is 17.9 Å². The van der Waals surface area contributed by atoms with Crippen molar-refractivity contribution in [2.45, 2.75) is 25.3 Å². The highest BCUT2D eigenvalue weighted by molar-refractivity contribution is 6.30. The lowest BCUT2D eigenvalue weighted by atomic mass is 9.95. The lowest BCUT2D eigenvalue weighted by Gasteiger charge is -2.31. The predicted molar refractivity (Wildman–Crippen MR) is 92.1 cm³/mol. The van der Waals surface area contributed by atoms with Gasteiger partial charge in [-0.1, -0.05) is 17.7 Å². The second-order valence-corrected chi connectivity index (χ2v) is 6.84. The van der Waals surface area contributed by atoms with Crippen LogP contribution in [0, 0.1) is 5.92 Å². The zero-order valence-corrected chi connectivity index (χ0v) is 14.1. The maximum atomic E-state index is 13.1. The van der Waals surface area contributed by atoms with Crippen LogP contribution in [0.1, 0.15) is 30.1 Å². The first-order valence-electron chi connectivity index (χ1n) is 8.35. The monoisotopic (exact) mass is 342 g/mol. The molecule has 2 atom stereocenters. The van der Waals surface area contributed by atoms with Gasteiger partial charge in [0.15, 0.2) is 0 Å². The summed E-state index contributed by atoms with van der Waals surface area (Å²) < 4.78 is 5.79. The molecule has 0 spiro atoms. The number of nitrogens with zero attached hydrogens (tertiary/aromatic N) is 2. The van der Waals surface area contributed by atoms with Crippen molar-refractivity contribution in [2.75, 3.05) is 13.2 Å². The maximum absolute atomic E-state index is 13.1. The Morgan fingerprint density at radius 3 is 3.04 bits per heavy atom. The number of carbonyl (C=O) groups excluding carboxylic acids is 1. The quantitative estimate of drug-likeness (QED) is 0.836. The van der Waals surface area contributed by atoms with Crippen LogP contribution in [0.25, 0.3) is 0 Å². The molecule has 1 aromatic heterocycles. The number of rotatable bonds is 2. The number of carbonyl (C=O) groups is 1. The second kappa shape index (κ2) is 6.44. The van der Waals surface area contributed by atoms with Gasteiger partial charge in [-0.3, -0.25) is 9.78 Å². The molecule has 1 saturated heterocycles. The lowest BCUT2D eigenvalue weighted by Crippen LogP contribution is -2.40. The summed E-state index contributed by atoms with van der Waals surface area (Å²) in [6, 6.07) is 11.6. The molecule has 2 unspecified atom stereocenters. The van der Waals surface area contributed by atoms with Crippen LogP contribution >= 0.6 is 11.6 Å². The maximum Gasteiger partial charge on any atom is 0.230 e. The summed E-state index contributed by atoms with van der Waals surface area (Å²) in [5.74, 6) is 0.847. The molecule has 4 nitrogen and oxygen atoms in total. The third kappa shape index (κ3) is 2.86. The van der Waals surface area contributed by atoms with E-state index in [1.165, 1.54) is 0 Å². The van der Waals surface area contributed by atoms with Gasteiger partial charge in [-0.2, -0.15) is 0 Å². The average molecular weight is 343 g/mol. The van der Waals surface area contributed by atoms with Crippen molar-refractivity contribution in [3.05, 3.63) is 58.9 Å². The molecule has 1 amide bonds. The van der Waals surface area contributed by atoms with Crippen LogP contribution in [0.4, 0.5) is 0 Å². The summed E-state index contributed by atoms with van der Waals surface area (Å²) in [6.07, 6.45) is 4.46. The number of ether oxygens (including phenoxy) is 1. The van der Waals surface area contributed by atoms with Gasteiger partial charge in [0.25, 0.3) is 0 Å². The standard InChI is InChI=1S/C19H19ClN2O2/c20-15-6-7-18-13(11-15)10-14(12-24-18)19(23)22-9-3-5-17(22)16-4-1-2-8-21-16/h1-2,4,6-8,11,14,17H,3,5,9-10,12H2. The largest absolute Gasteiger partial charge is 0.492 e. The number of benzene rings is 1. The van der Waals surface area contributed by atoms with Gasteiger partial charge in [-0.25, -0.2) is 0 Å². The Bertz CT molecular complexity index is 750. The number of halogens is 1. The molecular weight excluding hydrogens is 324 g/mol. The minimum absolute atomic E-state index is 0.0828. The first kappa shape index (κ1) is 15.5. The Balaban J connectivity index is 1.53. The summed E-state index contributed by atoms with van der Waals surface area (Å²) in [7, 11) is 0. The van der Waals surface area contributed by atoms with E-state index in [1.807, 2.05) is 41.3 Å². The van der Waals surface area contributed by atoms with E-state index in [4.69, 9.17) is 16.3 Å². The smallest absolute Gasteiger partial charge is 0.230 e. The first-order chi connectivity index (χ1) is 11.7. The Kier molecular flexibility index (Phi) is 4.15. The summed E-state index contributed by atoms with van der Waals surface area (Å²) in [5.41, 5.74) is 1.99. The van der Waals surface area contributed by atoms with Crippen LogP contribution in [-0.4, -0.2) is 28.9 Å². The van der Waals surface area contributed by atoms with E-state index in [0.29, 0.717) is 18.1 Å². The van der Waals surface area contributed by atoms with Crippen molar-refractivity contribution in [1.29, 1.82) is 0 Å². The summed E-state index contributed by atoms with van der Waals surface area (Å²) in [6.45, 7) is 1.22. The van der Waals surface area contributed by atoms with Crippen molar-refractivity contribution in [2.24, 2.45) is 5.92 Å². The number of likely N-dealkylation sites (tertiary alicyclic amines) is 1. The van der Waals surface area contributed by atoms with E-state index in [2.05, 4.69) is 4.98 Å². The molecule has 3 heterocycles. The van der Waals surface area contributed by atoms with Crippen LogP contribution < -0.4 is 4.74 Å². The first-order valence-corrected chi connectivity index (χ1v) is 8.73. The van der Waals surface area contributed by atoms with Gasteiger partial charge in [-0.15, -0.1) is 0 Å². The van der Waals surface area contributed by atoms with E-state index in [1.54, 1.807) is 6.20 Å². The number of hydrogen-bond donors (Lipinski definition) is 0. The third-order valence-corrected chi connectivity index (χ3v) is 5.08. The van der Waals surface area contributed by atoms with E-state index >= 15 is 0 Å². The van der Waals surface area contributed by atoms with Crippen LogP contribution in [0.15, 0.2) is 42.6 Å². The SMILES string of the molecule is O=C(C1COc2ccc(Cl)cc2C1)N1CCCC1c1ccccn1. The van der Waals surface area contributed by atoms with E-state index in [0.717, 1.165) is 36.4 Å². The second-order valence-electron chi connectivity index (χ2n) is 6.41. The molecule has 2 aliphatic heterocycles. The molecule has 0 N–H and O–H groups in total. The van der Waals surface area contributed by atoms with Gasteiger partial charge in [0.05, 0.1) is 17.7 Å². The zero-order chi connectivity index (χ0) is 16.5. The van der Waals surface area contributed by atoms with Crippen LogP contribution in [0.3, 0.4) is 0 Å². The highest BCUT2D eigenvalue weighted by Gasteiger charge is 2.36. The molecule has 1 aromatic carbocycles. The van der Waals surface area contributed by atoms with Crippen molar-refractivity contribution in [3.8, 4) is 5.75 Å². The van der Waals surface area contributed by atoms with Crippen molar-refractivity contribution in [1.82, 2.24) is 9.88 Å². The zero-order valence-electron chi connectivity index (χ0n) is 13.3. The molecule has 5 heteroatoms. The third-order valence-electron chi connectivity index (χ3n) is 4.84. The molecule has 2 aromatic rings. The molecule has 24 heavy (non-hydrogen) atoms. The van der Waals surface area contributed by atoms with E-state index in [9.17, 15) is 4.79 Å². The fourth-order valence-corrected chi connectivity index (χ4v) is 3.86. The fraction of sp³-hybridized carbons (Fsp3) is 0.368. The Morgan fingerprint density at radius 2 is 2.21 bits per heavy atom. The summed E-state index contributed by atoms with van der Waals surface area (Å²) >= 11 is 6.08. The minimum Gasteiger partial charge on any atom is -0.492 e. The summed E-state index contributed by atoms with van der Waals surface area (Å²) in [4.78, 5) is 19.5. The highest BCUT2D eigenvalue weighted by atomic mass is 35.5. The van der Waals surface area contributed by atoms with Gasteiger partial charge >= 0.3 is 0 Å². The molecule has 124 valence electrons. The van der Waals surface area contributed by atoms with Gasteiger partial charge < -0.3 is 9.64 Å². The number of fused-ring (bicyclic) bond motifs is 1. The fourth-order valence-electron chi connectivity index (χ4n) is 3.67. The molecular formula is C19H19ClN2O2. The summed E-state index contributed by atoms with van der Waals surface area (Å²) in [5, 5.41) is 0.679. The molecule has 4 rings (SSSR count). The van der Waals surface area contributed by atoms with Crippen LogP contribution in [0.2, 0.25) is 5.02 Å². The lowest BCUT2D eigenvalue weighted by molar-refractivity contribution is -0.138. The topological polar surface area (TPSA) is 42.4 Å². The van der Waals surface area contributed by atoms with Gasteiger partial charge in [-0.05, 0) is 55.2 Å². The number of amides is 1. The van der Waals surface area contributed by atoms with Crippen LogP contribution in [-0.2, 0) is 11.2 Å². The molecule has 0 saturated carbocycles. The molecule has 0 aliphatic carbocycles.